The van der Waals surface area contributed by atoms with Crippen LogP contribution in [0, 0.1) is 28.1 Å². The van der Waals surface area contributed by atoms with Gasteiger partial charge in [0.1, 0.15) is 6.10 Å². The number of ether oxygens (including phenoxy) is 2. The Kier molecular flexibility index (Phi) is 3.39. The van der Waals surface area contributed by atoms with Gasteiger partial charge < -0.3 is 19.9 Å². The van der Waals surface area contributed by atoms with Gasteiger partial charge in [-0.25, -0.2) is 0 Å². The van der Waals surface area contributed by atoms with Crippen LogP contribution in [-0.4, -0.2) is 49.1 Å². The lowest BCUT2D eigenvalue weighted by Gasteiger charge is -2.59. The van der Waals surface area contributed by atoms with Gasteiger partial charge in [-0.15, -0.1) is 0 Å². The molecule has 4 fully saturated rings. The van der Waals surface area contributed by atoms with Crippen LogP contribution in [0.5, 0.6) is 0 Å². The normalized spacial score (nSPS) is 57.7. The number of hydrogen-bond donors (Lipinski definition) is 2. The van der Waals surface area contributed by atoms with E-state index in [0.717, 1.165) is 25.9 Å². The van der Waals surface area contributed by atoms with E-state index in [2.05, 4.69) is 25.2 Å². The fourth-order valence-corrected chi connectivity index (χ4v) is 7.47. The van der Waals surface area contributed by atoms with Crippen LogP contribution in [0.1, 0.15) is 46.5 Å². The second kappa shape index (κ2) is 5.12. The van der Waals surface area contributed by atoms with Crippen LogP contribution in [-0.2, 0) is 14.3 Å². The number of likely N-dealkylation sites (N-methyl/N-ethyl adjacent to an activating group) is 1. The highest BCUT2D eigenvalue weighted by Gasteiger charge is 2.70. The first-order valence-corrected chi connectivity index (χ1v) is 10.2. The van der Waals surface area contributed by atoms with E-state index in [4.69, 9.17) is 9.47 Å². The van der Waals surface area contributed by atoms with Gasteiger partial charge in [0.15, 0.2) is 0 Å². The third kappa shape index (κ3) is 1.76. The Bertz CT molecular complexity index is 691. The Morgan fingerprint density at radius 2 is 1.92 bits per heavy atom. The number of rotatable bonds is 1. The minimum atomic E-state index is -0.773. The summed E-state index contributed by atoms with van der Waals surface area (Å²) in [5, 5.41) is 14.1. The molecule has 0 amide bonds. The maximum Gasteiger partial charge on any atom is 0.315 e. The quantitative estimate of drug-likeness (QED) is 0.553. The third-order valence-corrected chi connectivity index (χ3v) is 9.02. The zero-order valence-electron chi connectivity index (χ0n) is 16.2. The highest BCUT2D eigenvalue weighted by atomic mass is 16.6. The topological polar surface area (TPSA) is 67.8 Å². The van der Waals surface area contributed by atoms with Crippen molar-refractivity contribution in [3.05, 3.63) is 11.6 Å². The van der Waals surface area contributed by atoms with E-state index < -0.39 is 11.5 Å². The molecule has 2 heterocycles. The van der Waals surface area contributed by atoms with Crippen LogP contribution in [0.4, 0.5) is 0 Å². The molecule has 5 aliphatic rings. The molecule has 2 saturated heterocycles. The average Bonchev–Trinajstić information content (AvgIpc) is 3.07. The average molecular weight is 361 g/mol. The van der Waals surface area contributed by atoms with E-state index in [-0.39, 0.29) is 34.9 Å². The number of carbonyl (C=O) groups is 1. The van der Waals surface area contributed by atoms with Crippen LogP contribution in [0.15, 0.2) is 11.6 Å². The largest absolute Gasteiger partial charge is 0.457 e. The summed E-state index contributed by atoms with van der Waals surface area (Å²) in [6.07, 6.45) is 5.37. The SMILES string of the molecule is CN[C@H]1CO[C@@H]2C3=C[C@H]4OC(=O)[C@]5(C)[C@H]4[C@](C)(CC[C@@H]5O)[C@H]3CC[C@]12C. The van der Waals surface area contributed by atoms with Crippen LogP contribution < -0.4 is 5.32 Å². The molecule has 2 aliphatic heterocycles. The lowest BCUT2D eigenvalue weighted by atomic mass is 9.44. The molecule has 3 aliphatic carbocycles. The zero-order valence-corrected chi connectivity index (χ0v) is 16.2. The van der Waals surface area contributed by atoms with Crippen molar-refractivity contribution in [3.8, 4) is 0 Å². The fraction of sp³-hybridized carbons (Fsp3) is 0.857. The summed E-state index contributed by atoms with van der Waals surface area (Å²) in [5.74, 6) is 0.259. The van der Waals surface area contributed by atoms with Crippen molar-refractivity contribution in [1.82, 2.24) is 5.32 Å². The standard InChI is InChI=1S/C21H31NO4/c1-19-8-6-15(23)21(3)16(19)13(26-18(21)24)9-11-12(19)5-7-20(2)14(22-4)10-25-17(11)20/h9,12-17,22-23H,5-8,10H2,1-4H3/t12-,13+,14-,15-,16+,17+,19+,20+,21-/m0/s1. The molecule has 5 nitrogen and oxygen atoms in total. The molecular formula is C21H31NO4. The van der Waals surface area contributed by atoms with Crippen LogP contribution in [0.25, 0.3) is 0 Å². The summed E-state index contributed by atoms with van der Waals surface area (Å²) in [5.41, 5.74) is 0.663. The van der Waals surface area contributed by atoms with Gasteiger partial charge in [0, 0.05) is 17.4 Å². The van der Waals surface area contributed by atoms with Gasteiger partial charge in [-0.2, -0.15) is 0 Å². The number of nitrogens with one attached hydrogen (secondary N) is 1. The maximum absolute atomic E-state index is 12.8. The second-order valence-corrected chi connectivity index (χ2v) is 10.0. The molecule has 0 spiro atoms. The molecular weight excluding hydrogens is 330 g/mol. The van der Waals surface area contributed by atoms with Crippen molar-refractivity contribution in [2.75, 3.05) is 13.7 Å². The van der Waals surface area contributed by atoms with Gasteiger partial charge in [-0.05, 0) is 62.6 Å². The highest BCUT2D eigenvalue weighted by Crippen LogP contribution is 2.67. The van der Waals surface area contributed by atoms with Crippen LogP contribution in [0.3, 0.4) is 0 Å². The van der Waals surface area contributed by atoms with E-state index in [9.17, 15) is 9.90 Å². The van der Waals surface area contributed by atoms with Crippen molar-refractivity contribution < 1.29 is 19.4 Å². The lowest BCUT2D eigenvalue weighted by molar-refractivity contribution is -0.159. The van der Waals surface area contributed by atoms with Crippen molar-refractivity contribution in [1.29, 1.82) is 0 Å². The molecule has 0 unspecified atom stereocenters. The van der Waals surface area contributed by atoms with E-state index in [1.807, 2.05) is 14.0 Å². The third-order valence-electron chi connectivity index (χ3n) is 9.02. The number of esters is 1. The minimum Gasteiger partial charge on any atom is -0.457 e. The Balaban J connectivity index is 1.62. The molecule has 144 valence electrons. The Hall–Kier alpha value is -0.910. The summed E-state index contributed by atoms with van der Waals surface area (Å²) in [6.45, 7) is 7.34. The number of fused-ring (bicyclic) bond motifs is 4. The highest BCUT2D eigenvalue weighted by molar-refractivity contribution is 5.81. The Morgan fingerprint density at radius 1 is 1.19 bits per heavy atom. The number of aliphatic hydroxyl groups is 1. The second-order valence-electron chi connectivity index (χ2n) is 10.0. The number of hydrogen-bond acceptors (Lipinski definition) is 5. The van der Waals surface area contributed by atoms with E-state index in [0.29, 0.717) is 18.4 Å². The molecule has 0 aromatic rings. The molecule has 5 heteroatoms. The van der Waals surface area contributed by atoms with Gasteiger partial charge in [0.25, 0.3) is 0 Å². The van der Waals surface area contributed by atoms with Crippen molar-refractivity contribution in [3.63, 3.8) is 0 Å². The van der Waals surface area contributed by atoms with Gasteiger partial charge in [-0.3, -0.25) is 4.79 Å². The maximum atomic E-state index is 12.8. The number of aliphatic hydroxyl groups excluding tert-OH is 1. The lowest BCUT2D eigenvalue weighted by Crippen LogP contribution is -2.60. The molecule has 0 bridgehead atoms. The smallest absolute Gasteiger partial charge is 0.315 e. The molecule has 0 aromatic carbocycles. The fourth-order valence-electron chi connectivity index (χ4n) is 7.47. The first kappa shape index (κ1) is 17.2. The van der Waals surface area contributed by atoms with Gasteiger partial charge in [-0.1, -0.05) is 13.8 Å². The van der Waals surface area contributed by atoms with Crippen LogP contribution >= 0.6 is 0 Å². The Labute approximate surface area is 155 Å². The van der Waals surface area contributed by atoms with Crippen molar-refractivity contribution >= 4 is 5.97 Å². The van der Waals surface area contributed by atoms with Crippen molar-refractivity contribution in [2.24, 2.45) is 28.1 Å². The summed E-state index contributed by atoms with van der Waals surface area (Å²) in [6, 6.07) is 0.365. The molecule has 0 aromatic heterocycles. The summed E-state index contributed by atoms with van der Waals surface area (Å²) >= 11 is 0. The molecule has 2 saturated carbocycles. The monoisotopic (exact) mass is 361 g/mol. The first-order chi connectivity index (χ1) is 12.3. The summed E-state index contributed by atoms with van der Waals surface area (Å²) in [7, 11) is 2.02. The molecule has 2 N–H and O–H groups in total. The van der Waals surface area contributed by atoms with Gasteiger partial charge in [0.05, 0.1) is 24.2 Å². The van der Waals surface area contributed by atoms with Gasteiger partial charge >= 0.3 is 5.97 Å². The summed E-state index contributed by atoms with van der Waals surface area (Å²) < 4.78 is 12.2. The zero-order chi connectivity index (χ0) is 18.5. The molecule has 0 radical (unpaired) electrons. The Morgan fingerprint density at radius 3 is 2.65 bits per heavy atom. The summed E-state index contributed by atoms with van der Waals surface area (Å²) in [4.78, 5) is 12.8. The predicted molar refractivity (Wildman–Crippen MR) is 96.3 cm³/mol. The predicted octanol–water partition coefficient (Wildman–Crippen LogP) is 2.04. The first-order valence-electron chi connectivity index (χ1n) is 10.2. The molecule has 5 rings (SSSR count). The van der Waals surface area contributed by atoms with E-state index in [1.165, 1.54) is 5.57 Å². The van der Waals surface area contributed by atoms with Crippen LogP contribution in [0.2, 0.25) is 0 Å². The molecule has 9 atom stereocenters. The van der Waals surface area contributed by atoms with Gasteiger partial charge in [0.2, 0.25) is 0 Å². The molecule has 26 heavy (non-hydrogen) atoms. The van der Waals surface area contributed by atoms with E-state index >= 15 is 0 Å². The van der Waals surface area contributed by atoms with Crippen molar-refractivity contribution in [2.45, 2.75) is 70.8 Å². The minimum absolute atomic E-state index is 0.0166. The van der Waals surface area contributed by atoms with E-state index in [1.54, 1.807) is 0 Å². The number of carbonyl (C=O) groups excluding carboxylic acids is 1.